The lowest BCUT2D eigenvalue weighted by atomic mass is 10.1. The minimum absolute atomic E-state index is 0.735. The highest BCUT2D eigenvalue weighted by Crippen LogP contribution is 2.24. The number of benzene rings is 1. The average molecular weight is 241 g/mol. The number of nitrogen functional groups attached to an aromatic ring is 1. The summed E-state index contributed by atoms with van der Waals surface area (Å²) in [6, 6.07) is 3.82. The number of hydrogen-bond acceptors (Lipinski definition) is 3. The van der Waals surface area contributed by atoms with E-state index in [0.29, 0.717) is 0 Å². The van der Waals surface area contributed by atoms with Gasteiger partial charge in [0, 0.05) is 30.3 Å². The summed E-state index contributed by atoms with van der Waals surface area (Å²) in [4.78, 5) is 2.36. The molecule has 4 heteroatoms. The maximum absolute atomic E-state index is 6.11. The van der Waals surface area contributed by atoms with Crippen LogP contribution in [-0.4, -0.2) is 31.2 Å². The van der Waals surface area contributed by atoms with Gasteiger partial charge in [-0.05, 0) is 30.2 Å². The lowest BCUT2D eigenvalue weighted by Gasteiger charge is -2.27. The fourth-order valence-electron chi connectivity index (χ4n) is 1.92. The maximum atomic E-state index is 6.11. The van der Waals surface area contributed by atoms with Crippen molar-refractivity contribution in [2.24, 2.45) is 0 Å². The molecule has 0 atom stereocenters. The highest BCUT2D eigenvalue weighted by Gasteiger charge is 2.13. The standard InChI is InChI=1S/C12H17ClN2O/c1-9-10(6-11(14)7-12(9)13)8-15-2-4-16-5-3-15/h6-7H,2-5,8,14H2,1H3. The largest absolute Gasteiger partial charge is 0.399 e. The first kappa shape index (κ1) is 11.7. The summed E-state index contributed by atoms with van der Waals surface area (Å²) < 4.78 is 5.32. The van der Waals surface area contributed by atoms with Crippen LogP contribution in [0.2, 0.25) is 5.02 Å². The minimum atomic E-state index is 0.735. The van der Waals surface area contributed by atoms with Gasteiger partial charge in [0.1, 0.15) is 0 Å². The third-order valence-corrected chi connectivity index (χ3v) is 3.36. The molecule has 88 valence electrons. The molecule has 16 heavy (non-hydrogen) atoms. The van der Waals surface area contributed by atoms with Crippen LogP contribution >= 0.6 is 11.6 Å². The van der Waals surface area contributed by atoms with E-state index in [-0.39, 0.29) is 0 Å². The summed E-state index contributed by atoms with van der Waals surface area (Å²) in [5.41, 5.74) is 8.88. The molecule has 0 radical (unpaired) electrons. The first-order chi connectivity index (χ1) is 7.66. The van der Waals surface area contributed by atoms with Crippen molar-refractivity contribution < 1.29 is 4.74 Å². The van der Waals surface area contributed by atoms with Crippen molar-refractivity contribution >= 4 is 17.3 Å². The van der Waals surface area contributed by atoms with Crippen molar-refractivity contribution in [1.29, 1.82) is 0 Å². The SMILES string of the molecule is Cc1c(Cl)cc(N)cc1CN1CCOCC1. The zero-order valence-electron chi connectivity index (χ0n) is 9.50. The third kappa shape index (κ3) is 2.67. The number of nitrogens with two attached hydrogens (primary N) is 1. The molecular formula is C12H17ClN2O. The predicted octanol–water partition coefficient (Wildman–Crippen LogP) is 2.06. The lowest BCUT2D eigenvalue weighted by Crippen LogP contribution is -2.35. The topological polar surface area (TPSA) is 38.5 Å². The van der Waals surface area contributed by atoms with Crippen molar-refractivity contribution in [3.63, 3.8) is 0 Å². The van der Waals surface area contributed by atoms with E-state index in [2.05, 4.69) is 4.90 Å². The van der Waals surface area contributed by atoms with E-state index < -0.39 is 0 Å². The summed E-state index contributed by atoms with van der Waals surface area (Å²) in [5.74, 6) is 0. The Morgan fingerprint density at radius 2 is 2.06 bits per heavy atom. The Morgan fingerprint density at radius 1 is 1.38 bits per heavy atom. The number of morpholine rings is 1. The Hall–Kier alpha value is -0.770. The molecule has 0 amide bonds. The van der Waals surface area contributed by atoms with Gasteiger partial charge in [0.2, 0.25) is 0 Å². The van der Waals surface area contributed by atoms with E-state index in [1.807, 2.05) is 13.0 Å². The Kier molecular flexibility index (Phi) is 3.69. The van der Waals surface area contributed by atoms with Crippen molar-refractivity contribution in [3.8, 4) is 0 Å². The van der Waals surface area contributed by atoms with Crippen LogP contribution < -0.4 is 5.73 Å². The molecule has 2 N–H and O–H groups in total. The predicted molar refractivity (Wildman–Crippen MR) is 66.7 cm³/mol. The highest BCUT2D eigenvalue weighted by molar-refractivity contribution is 6.31. The fourth-order valence-corrected chi connectivity index (χ4v) is 2.17. The molecule has 2 rings (SSSR count). The Bertz CT molecular complexity index is 376. The van der Waals surface area contributed by atoms with Crippen LogP contribution in [0.1, 0.15) is 11.1 Å². The van der Waals surface area contributed by atoms with E-state index in [9.17, 15) is 0 Å². The zero-order chi connectivity index (χ0) is 11.5. The molecule has 3 nitrogen and oxygen atoms in total. The van der Waals surface area contributed by atoms with E-state index in [0.717, 1.165) is 49.1 Å². The van der Waals surface area contributed by atoms with E-state index >= 15 is 0 Å². The number of nitrogens with zero attached hydrogens (tertiary/aromatic N) is 1. The normalized spacial score (nSPS) is 17.6. The molecule has 1 aromatic rings. The van der Waals surface area contributed by atoms with Crippen molar-refractivity contribution in [2.75, 3.05) is 32.0 Å². The molecule has 0 aliphatic carbocycles. The molecule has 0 bridgehead atoms. The molecule has 1 saturated heterocycles. The van der Waals surface area contributed by atoms with Gasteiger partial charge in [0.05, 0.1) is 13.2 Å². The number of halogens is 1. The van der Waals surface area contributed by atoms with Gasteiger partial charge in [0.15, 0.2) is 0 Å². The molecule has 1 heterocycles. The first-order valence-corrected chi connectivity index (χ1v) is 5.89. The van der Waals surface area contributed by atoms with Crippen LogP contribution in [0.25, 0.3) is 0 Å². The molecule has 0 aromatic heterocycles. The Labute approximate surface area is 101 Å². The van der Waals surface area contributed by atoms with E-state index in [4.69, 9.17) is 22.1 Å². The number of hydrogen-bond donors (Lipinski definition) is 1. The van der Waals surface area contributed by atoms with Crippen molar-refractivity contribution in [1.82, 2.24) is 4.90 Å². The van der Waals surface area contributed by atoms with Gasteiger partial charge in [-0.15, -0.1) is 0 Å². The summed E-state index contributed by atoms with van der Waals surface area (Å²) in [5, 5.41) is 0.753. The van der Waals surface area contributed by atoms with Crippen molar-refractivity contribution in [2.45, 2.75) is 13.5 Å². The van der Waals surface area contributed by atoms with E-state index in [1.165, 1.54) is 5.56 Å². The molecule has 0 unspecified atom stereocenters. The van der Waals surface area contributed by atoms with Crippen LogP contribution in [0.4, 0.5) is 5.69 Å². The molecule has 1 fully saturated rings. The van der Waals surface area contributed by atoms with Crippen LogP contribution in [0, 0.1) is 6.92 Å². The van der Waals surface area contributed by atoms with Gasteiger partial charge in [0.25, 0.3) is 0 Å². The molecule has 0 saturated carbocycles. The smallest absolute Gasteiger partial charge is 0.0594 e. The van der Waals surface area contributed by atoms with Crippen LogP contribution in [-0.2, 0) is 11.3 Å². The van der Waals surface area contributed by atoms with Crippen LogP contribution in [0.15, 0.2) is 12.1 Å². The van der Waals surface area contributed by atoms with Gasteiger partial charge in [-0.25, -0.2) is 0 Å². The second-order valence-corrected chi connectivity index (χ2v) is 4.58. The first-order valence-electron chi connectivity index (χ1n) is 5.51. The summed E-state index contributed by atoms with van der Waals surface area (Å²) in [6.07, 6.45) is 0. The average Bonchev–Trinajstić information content (AvgIpc) is 2.27. The van der Waals surface area contributed by atoms with Crippen LogP contribution in [0.3, 0.4) is 0 Å². The van der Waals surface area contributed by atoms with Gasteiger partial charge in [-0.2, -0.15) is 0 Å². The van der Waals surface area contributed by atoms with Crippen LogP contribution in [0.5, 0.6) is 0 Å². The summed E-state index contributed by atoms with van der Waals surface area (Å²) >= 11 is 6.11. The Morgan fingerprint density at radius 3 is 2.75 bits per heavy atom. The third-order valence-electron chi connectivity index (χ3n) is 2.97. The quantitative estimate of drug-likeness (QED) is 0.805. The van der Waals surface area contributed by atoms with Gasteiger partial charge >= 0.3 is 0 Å². The fraction of sp³-hybridized carbons (Fsp3) is 0.500. The lowest BCUT2D eigenvalue weighted by molar-refractivity contribution is 0.0341. The van der Waals surface area contributed by atoms with Gasteiger partial charge < -0.3 is 10.5 Å². The maximum Gasteiger partial charge on any atom is 0.0594 e. The van der Waals surface area contributed by atoms with E-state index in [1.54, 1.807) is 6.07 Å². The number of rotatable bonds is 2. The number of ether oxygens (including phenoxy) is 1. The second kappa shape index (κ2) is 5.04. The Balaban J connectivity index is 2.13. The molecular weight excluding hydrogens is 224 g/mol. The molecule has 0 spiro atoms. The second-order valence-electron chi connectivity index (χ2n) is 4.18. The number of anilines is 1. The van der Waals surface area contributed by atoms with Crippen molar-refractivity contribution in [3.05, 3.63) is 28.3 Å². The highest BCUT2D eigenvalue weighted by atomic mass is 35.5. The van der Waals surface area contributed by atoms with Gasteiger partial charge in [-0.3, -0.25) is 4.90 Å². The summed E-state index contributed by atoms with van der Waals surface area (Å²) in [6.45, 7) is 6.53. The monoisotopic (exact) mass is 240 g/mol. The van der Waals surface area contributed by atoms with Gasteiger partial charge in [-0.1, -0.05) is 11.6 Å². The molecule has 1 aliphatic rings. The molecule has 1 aromatic carbocycles. The molecule has 1 aliphatic heterocycles. The minimum Gasteiger partial charge on any atom is -0.399 e. The summed E-state index contributed by atoms with van der Waals surface area (Å²) in [7, 11) is 0. The zero-order valence-corrected chi connectivity index (χ0v) is 10.3.